The molecule has 0 bridgehead atoms. The van der Waals surface area contributed by atoms with Crippen LogP contribution in [0, 0.1) is 0 Å². The third-order valence-electron chi connectivity index (χ3n) is 6.07. The van der Waals surface area contributed by atoms with Crippen LogP contribution in [0.5, 0.6) is 5.75 Å². The van der Waals surface area contributed by atoms with Crippen molar-refractivity contribution < 1.29 is 37.7 Å². The van der Waals surface area contributed by atoms with Gasteiger partial charge in [-0.1, -0.05) is 45.0 Å². The molecule has 216 valence electrons. The number of carbonyl (C=O) groups is 2. The summed E-state index contributed by atoms with van der Waals surface area (Å²) in [6, 6.07) is 14.1. The lowest BCUT2D eigenvalue weighted by atomic mass is 10.0. The van der Waals surface area contributed by atoms with E-state index in [0.717, 1.165) is 11.1 Å². The minimum Gasteiger partial charge on any atom is -0.492 e. The number of alkyl halides is 2. The minimum absolute atomic E-state index is 0.0471. The first-order chi connectivity index (χ1) is 18.5. The van der Waals surface area contributed by atoms with Crippen LogP contribution in [0.3, 0.4) is 0 Å². The van der Waals surface area contributed by atoms with E-state index in [1.807, 2.05) is 24.3 Å². The number of amides is 2. The monoisotopic (exact) mass is 550 g/mol. The van der Waals surface area contributed by atoms with E-state index in [4.69, 9.17) is 14.2 Å². The molecule has 39 heavy (non-hydrogen) atoms. The van der Waals surface area contributed by atoms with E-state index >= 15 is 0 Å². The highest BCUT2D eigenvalue weighted by molar-refractivity contribution is 5.89. The van der Waals surface area contributed by atoms with Crippen LogP contribution in [0.1, 0.15) is 51.2 Å². The van der Waals surface area contributed by atoms with E-state index in [2.05, 4.69) is 19.2 Å². The first-order valence-electron chi connectivity index (χ1n) is 13.2. The van der Waals surface area contributed by atoms with Crippen molar-refractivity contribution in [1.29, 1.82) is 0 Å². The van der Waals surface area contributed by atoms with Crippen molar-refractivity contribution in [2.24, 2.45) is 0 Å². The number of rotatable bonds is 17. The minimum atomic E-state index is -2.91. The summed E-state index contributed by atoms with van der Waals surface area (Å²) in [7, 11) is 0. The lowest BCUT2D eigenvalue weighted by Crippen LogP contribution is -2.40. The number of anilines is 1. The van der Waals surface area contributed by atoms with Crippen LogP contribution in [0.2, 0.25) is 0 Å². The number of hydrogen-bond acceptors (Lipinski definition) is 5. The molecule has 2 amide bonds. The number of aliphatic carboxylic acids is 1. The summed E-state index contributed by atoms with van der Waals surface area (Å²) in [6.07, 6.45) is -1.01. The molecule has 0 heterocycles. The molecule has 0 aromatic heterocycles. The van der Waals surface area contributed by atoms with Crippen molar-refractivity contribution in [3.05, 3.63) is 59.7 Å². The molecule has 10 heteroatoms. The molecular weight excluding hydrogens is 510 g/mol. The third kappa shape index (κ3) is 11.6. The van der Waals surface area contributed by atoms with Gasteiger partial charge in [-0.05, 0) is 48.2 Å². The number of urea groups is 1. The molecule has 0 aliphatic rings. The van der Waals surface area contributed by atoms with Gasteiger partial charge in [-0.3, -0.25) is 0 Å². The third-order valence-corrected chi connectivity index (χ3v) is 6.07. The second-order valence-electron chi connectivity index (χ2n) is 9.43. The normalized spacial score (nSPS) is 12.3. The SMILES string of the molecule is CCOC(Cc1ccc(OCCN(CCOCC(F)(F)CC)C(=O)Nc2ccc(C(C)C)cc2)cc1)C(=O)O. The Morgan fingerprint density at radius 1 is 1.00 bits per heavy atom. The first-order valence-corrected chi connectivity index (χ1v) is 13.2. The van der Waals surface area contributed by atoms with Gasteiger partial charge in [0.25, 0.3) is 5.92 Å². The average molecular weight is 551 g/mol. The van der Waals surface area contributed by atoms with Crippen LogP contribution in [-0.2, 0) is 20.7 Å². The number of hydrogen-bond donors (Lipinski definition) is 2. The Kier molecular flexibility index (Phi) is 13.1. The number of halogens is 2. The van der Waals surface area contributed by atoms with Gasteiger partial charge in [-0.15, -0.1) is 0 Å². The molecule has 0 aliphatic heterocycles. The van der Waals surface area contributed by atoms with Crippen LogP contribution < -0.4 is 10.1 Å². The van der Waals surface area contributed by atoms with Crippen molar-refractivity contribution in [3.8, 4) is 5.75 Å². The molecule has 2 rings (SSSR count). The predicted molar refractivity (Wildman–Crippen MR) is 146 cm³/mol. The van der Waals surface area contributed by atoms with Crippen LogP contribution in [-0.4, -0.2) is 73.6 Å². The van der Waals surface area contributed by atoms with Crippen LogP contribution in [0.15, 0.2) is 48.5 Å². The fraction of sp³-hybridized carbons (Fsp3) is 0.517. The van der Waals surface area contributed by atoms with Crippen molar-refractivity contribution >= 4 is 17.7 Å². The van der Waals surface area contributed by atoms with Crippen LogP contribution >= 0.6 is 0 Å². The Bertz CT molecular complexity index is 1020. The zero-order valence-corrected chi connectivity index (χ0v) is 23.1. The highest BCUT2D eigenvalue weighted by Crippen LogP contribution is 2.19. The summed E-state index contributed by atoms with van der Waals surface area (Å²) in [5, 5.41) is 12.1. The fourth-order valence-corrected chi connectivity index (χ4v) is 3.60. The van der Waals surface area contributed by atoms with Crippen molar-refractivity contribution in [2.45, 2.75) is 58.5 Å². The Morgan fingerprint density at radius 2 is 1.64 bits per heavy atom. The lowest BCUT2D eigenvalue weighted by Gasteiger charge is -2.24. The summed E-state index contributed by atoms with van der Waals surface area (Å²) in [6.45, 7) is 7.30. The fourth-order valence-electron chi connectivity index (χ4n) is 3.60. The molecule has 0 spiro atoms. The van der Waals surface area contributed by atoms with Gasteiger partial charge in [-0.2, -0.15) is 0 Å². The topological polar surface area (TPSA) is 97.3 Å². The summed E-state index contributed by atoms with van der Waals surface area (Å²) in [5.41, 5.74) is 2.55. The number of nitrogens with zero attached hydrogens (tertiary/aromatic N) is 1. The molecular formula is C29H40F2N2O6. The van der Waals surface area contributed by atoms with Gasteiger partial charge in [-0.25, -0.2) is 18.4 Å². The van der Waals surface area contributed by atoms with Gasteiger partial charge in [0.2, 0.25) is 0 Å². The van der Waals surface area contributed by atoms with Crippen LogP contribution in [0.25, 0.3) is 0 Å². The predicted octanol–water partition coefficient (Wildman–Crippen LogP) is 5.82. The molecule has 1 atom stereocenters. The van der Waals surface area contributed by atoms with Gasteiger partial charge in [0.05, 0.1) is 13.2 Å². The van der Waals surface area contributed by atoms with Gasteiger partial charge < -0.3 is 29.5 Å². The number of carboxylic acids is 1. The molecule has 2 aromatic carbocycles. The average Bonchev–Trinajstić information content (AvgIpc) is 2.90. The van der Waals surface area contributed by atoms with Gasteiger partial charge >= 0.3 is 12.0 Å². The van der Waals surface area contributed by atoms with Crippen molar-refractivity contribution in [3.63, 3.8) is 0 Å². The maximum Gasteiger partial charge on any atom is 0.333 e. The van der Waals surface area contributed by atoms with E-state index in [9.17, 15) is 23.5 Å². The van der Waals surface area contributed by atoms with Gasteiger partial charge in [0, 0.05) is 31.7 Å². The van der Waals surface area contributed by atoms with E-state index < -0.39 is 30.6 Å². The van der Waals surface area contributed by atoms with Crippen LogP contribution in [0.4, 0.5) is 19.3 Å². The van der Waals surface area contributed by atoms with E-state index in [1.165, 1.54) is 11.8 Å². The molecule has 0 radical (unpaired) electrons. The molecule has 8 nitrogen and oxygen atoms in total. The maximum absolute atomic E-state index is 13.5. The summed E-state index contributed by atoms with van der Waals surface area (Å²) < 4.78 is 43.2. The second kappa shape index (κ2) is 16.0. The summed E-state index contributed by atoms with van der Waals surface area (Å²) >= 11 is 0. The van der Waals surface area contributed by atoms with Crippen molar-refractivity contribution in [1.82, 2.24) is 4.90 Å². The number of benzene rings is 2. The van der Waals surface area contributed by atoms with Crippen molar-refractivity contribution in [2.75, 3.05) is 44.8 Å². The molecule has 2 aromatic rings. The highest BCUT2D eigenvalue weighted by atomic mass is 19.3. The number of ether oxygens (including phenoxy) is 3. The molecule has 0 saturated carbocycles. The quantitative estimate of drug-likeness (QED) is 0.241. The molecule has 0 saturated heterocycles. The Labute approximate surface area is 229 Å². The van der Waals surface area contributed by atoms with E-state index in [-0.39, 0.29) is 39.1 Å². The number of carboxylic acid groups (broad SMARTS) is 1. The summed E-state index contributed by atoms with van der Waals surface area (Å²) in [5.74, 6) is -3.02. The Morgan fingerprint density at radius 3 is 2.21 bits per heavy atom. The van der Waals surface area contributed by atoms with Gasteiger partial charge in [0.1, 0.15) is 19.0 Å². The van der Waals surface area contributed by atoms with Gasteiger partial charge in [0.15, 0.2) is 6.10 Å². The zero-order valence-electron chi connectivity index (χ0n) is 23.1. The molecule has 0 aliphatic carbocycles. The van der Waals surface area contributed by atoms with E-state index in [0.29, 0.717) is 24.0 Å². The largest absolute Gasteiger partial charge is 0.492 e. The number of nitrogens with one attached hydrogen (secondary N) is 1. The lowest BCUT2D eigenvalue weighted by molar-refractivity contribution is -0.149. The first kappa shape index (κ1) is 32.0. The Balaban J connectivity index is 1.96. The number of carbonyl (C=O) groups excluding carboxylic acids is 1. The maximum atomic E-state index is 13.5. The smallest absolute Gasteiger partial charge is 0.333 e. The molecule has 2 N–H and O–H groups in total. The second-order valence-corrected chi connectivity index (χ2v) is 9.43. The zero-order chi connectivity index (χ0) is 28.8. The summed E-state index contributed by atoms with van der Waals surface area (Å²) in [4.78, 5) is 25.7. The van der Waals surface area contributed by atoms with E-state index in [1.54, 1.807) is 31.2 Å². The highest BCUT2D eigenvalue weighted by Gasteiger charge is 2.26. The standard InChI is InChI=1S/C29H40F2N2O6/c1-5-29(30,31)20-37-17-15-33(28(36)32-24-11-9-23(10-12-24)21(3)4)16-18-39-25-13-7-22(8-14-25)19-26(27(34)35)38-6-2/h7-14,21,26H,5-6,15-20H2,1-4H3,(H,32,36)(H,34,35). The molecule has 0 fully saturated rings. The molecule has 1 unspecified atom stereocenters. The Hall–Kier alpha value is -3.24.